The predicted octanol–water partition coefficient (Wildman–Crippen LogP) is 1.13. The third-order valence-electron chi connectivity index (χ3n) is 2.41. The second-order valence-corrected chi connectivity index (χ2v) is 5.85. The molecule has 0 radical (unpaired) electrons. The van der Waals surface area contributed by atoms with E-state index in [1.54, 1.807) is 26.0 Å². The van der Waals surface area contributed by atoms with E-state index in [9.17, 15) is 14.9 Å². The summed E-state index contributed by atoms with van der Waals surface area (Å²) in [6.45, 7) is 3.22. The quantitative estimate of drug-likeness (QED) is 0.596. The normalized spacial score (nSPS) is 13.5. The Bertz CT molecular complexity index is 360. The van der Waals surface area contributed by atoms with Crippen LogP contribution in [-0.2, 0) is 0 Å². The first-order valence-corrected chi connectivity index (χ1v) is 6.95. The summed E-state index contributed by atoms with van der Waals surface area (Å²) in [5, 5.41) is 18.1. The van der Waals surface area contributed by atoms with Gasteiger partial charge in [-0.25, -0.2) is 0 Å². The lowest BCUT2D eigenvalue weighted by Gasteiger charge is -2.18. The molecule has 0 amide bonds. The molecule has 0 aliphatic carbocycles. The van der Waals surface area contributed by atoms with Crippen LogP contribution in [0.25, 0.3) is 0 Å². The summed E-state index contributed by atoms with van der Waals surface area (Å²) in [5.41, 5.74) is 1.52. The SMILES string of the molecule is Cc1cccc(C)c1O[P+](O)(O)C(O)CCO. The number of benzene rings is 1. The Kier molecular flexibility index (Phi) is 4.86. The van der Waals surface area contributed by atoms with Gasteiger partial charge in [-0.1, -0.05) is 18.2 Å². The molecule has 0 aliphatic heterocycles. The Hall–Kier alpha value is -0.710. The molecule has 17 heavy (non-hydrogen) atoms. The zero-order valence-corrected chi connectivity index (χ0v) is 10.8. The summed E-state index contributed by atoms with van der Waals surface area (Å²) in [6, 6.07) is 5.39. The first-order chi connectivity index (χ1) is 7.88. The van der Waals surface area contributed by atoms with E-state index in [0.29, 0.717) is 5.75 Å². The fraction of sp³-hybridized carbons (Fsp3) is 0.455. The molecule has 1 atom stereocenters. The van der Waals surface area contributed by atoms with Crippen LogP contribution in [-0.4, -0.2) is 32.5 Å². The van der Waals surface area contributed by atoms with Crippen molar-refractivity contribution in [2.75, 3.05) is 6.61 Å². The van der Waals surface area contributed by atoms with E-state index in [4.69, 9.17) is 9.63 Å². The van der Waals surface area contributed by atoms with Crippen LogP contribution in [0.15, 0.2) is 18.2 Å². The van der Waals surface area contributed by atoms with Crippen molar-refractivity contribution >= 4 is 7.94 Å². The number of aliphatic hydroxyl groups is 2. The summed E-state index contributed by atoms with van der Waals surface area (Å²) in [5.74, 6) is -1.10. The Labute approximate surface area is 101 Å². The average Bonchev–Trinajstić information content (AvgIpc) is 2.24. The molecular formula is C11H18O5P+. The lowest BCUT2D eigenvalue weighted by molar-refractivity contribution is 0.150. The third-order valence-corrected chi connectivity index (χ3v) is 3.90. The molecular weight excluding hydrogens is 243 g/mol. The highest BCUT2D eigenvalue weighted by molar-refractivity contribution is 7.60. The van der Waals surface area contributed by atoms with Gasteiger partial charge in [-0.2, -0.15) is 9.79 Å². The van der Waals surface area contributed by atoms with Crippen molar-refractivity contribution in [3.05, 3.63) is 29.3 Å². The molecule has 1 aromatic carbocycles. The Morgan fingerprint density at radius 3 is 2.24 bits per heavy atom. The van der Waals surface area contributed by atoms with Gasteiger partial charge in [0.15, 0.2) is 5.75 Å². The number of rotatable bonds is 5. The van der Waals surface area contributed by atoms with Gasteiger partial charge < -0.3 is 10.2 Å². The van der Waals surface area contributed by atoms with E-state index in [-0.39, 0.29) is 13.0 Å². The standard InChI is InChI=1S/C11H18O5P/c1-8-4-3-5-9(2)11(8)16-17(14,15)10(13)6-7-12/h3-5,10,12-15H,6-7H2,1-2H3/q+1. The number of para-hydroxylation sites is 1. The van der Waals surface area contributed by atoms with Crippen LogP contribution in [0.5, 0.6) is 5.75 Å². The van der Waals surface area contributed by atoms with Gasteiger partial charge in [-0.15, -0.1) is 0 Å². The Balaban J connectivity index is 2.89. The van der Waals surface area contributed by atoms with Crippen molar-refractivity contribution in [1.82, 2.24) is 0 Å². The van der Waals surface area contributed by atoms with Gasteiger partial charge in [0.1, 0.15) is 0 Å². The molecule has 0 aliphatic rings. The predicted molar refractivity (Wildman–Crippen MR) is 65.6 cm³/mol. The van der Waals surface area contributed by atoms with Crippen LogP contribution < -0.4 is 4.52 Å². The zero-order valence-electron chi connectivity index (χ0n) is 9.87. The minimum atomic E-state index is -3.93. The highest BCUT2D eigenvalue weighted by Crippen LogP contribution is 2.56. The van der Waals surface area contributed by atoms with Gasteiger partial charge >= 0.3 is 7.94 Å². The van der Waals surface area contributed by atoms with Crippen molar-refractivity contribution in [2.24, 2.45) is 0 Å². The van der Waals surface area contributed by atoms with Gasteiger partial charge in [0.2, 0.25) is 0 Å². The summed E-state index contributed by atoms with van der Waals surface area (Å²) in [4.78, 5) is 19.4. The molecule has 0 fully saturated rings. The molecule has 0 spiro atoms. The largest absolute Gasteiger partial charge is 0.481 e. The van der Waals surface area contributed by atoms with Crippen LogP contribution in [0.3, 0.4) is 0 Å². The van der Waals surface area contributed by atoms with Crippen LogP contribution in [0.2, 0.25) is 0 Å². The van der Waals surface area contributed by atoms with Gasteiger partial charge in [0, 0.05) is 13.0 Å². The second-order valence-electron chi connectivity index (χ2n) is 3.89. The molecule has 0 aromatic heterocycles. The summed E-state index contributed by atoms with van der Waals surface area (Å²) in [7, 11) is -3.93. The van der Waals surface area contributed by atoms with E-state index in [2.05, 4.69) is 0 Å². The summed E-state index contributed by atoms with van der Waals surface area (Å²) >= 11 is 0. The first-order valence-electron chi connectivity index (χ1n) is 5.27. The van der Waals surface area contributed by atoms with Gasteiger partial charge in [-0.3, -0.25) is 4.52 Å². The highest BCUT2D eigenvalue weighted by Gasteiger charge is 2.47. The second kappa shape index (κ2) is 5.76. The first kappa shape index (κ1) is 14.4. The highest BCUT2D eigenvalue weighted by atomic mass is 31.2. The van der Waals surface area contributed by atoms with Crippen molar-refractivity contribution in [2.45, 2.75) is 26.1 Å². The van der Waals surface area contributed by atoms with Crippen LogP contribution in [0.1, 0.15) is 17.5 Å². The van der Waals surface area contributed by atoms with E-state index < -0.39 is 13.8 Å². The molecule has 96 valence electrons. The molecule has 4 N–H and O–H groups in total. The van der Waals surface area contributed by atoms with Gasteiger partial charge in [0.05, 0.1) is 0 Å². The molecule has 0 saturated heterocycles. The molecule has 0 saturated carbocycles. The monoisotopic (exact) mass is 261 g/mol. The Morgan fingerprint density at radius 1 is 1.24 bits per heavy atom. The maximum Gasteiger partial charge on any atom is 0.481 e. The fourth-order valence-electron chi connectivity index (χ4n) is 1.42. The number of aryl methyl sites for hydroxylation is 2. The van der Waals surface area contributed by atoms with Crippen LogP contribution >= 0.6 is 7.94 Å². The van der Waals surface area contributed by atoms with Crippen LogP contribution in [0, 0.1) is 13.8 Å². The van der Waals surface area contributed by atoms with Crippen molar-refractivity contribution in [3.63, 3.8) is 0 Å². The number of aliphatic hydroxyl groups excluding tert-OH is 2. The van der Waals surface area contributed by atoms with Crippen LogP contribution in [0.4, 0.5) is 0 Å². The maximum atomic E-state index is 9.70. The van der Waals surface area contributed by atoms with Crippen molar-refractivity contribution in [1.29, 1.82) is 0 Å². The molecule has 0 bridgehead atoms. The zero-order chi connectivity index (χ0) is 13.1. The number of hydrogen-bond acceptors (Lipinski definition) is 5. The minimum Gasteiger partial charge on any atom is -0.396 e. The van der Waals surface area contributed by atoms with E-state index in [1.807, 2.05) is 6.07 Å². The third kappa shape index (κ3) is 3.63. The van der Waals surface area contributed by atoms with E-state index in [1.165, 1.54) is 0 Å². The minimum absolute atomic E-state index is 0.133. The fourth-order valence-corrected chi connectivity index (χ4v) is 2.55. The molecule has 1 rings (SSSR count). The topological polar surface area (TPSA) is 90.2 Å². The smallest absolute Gasteiger partial charge is 0.396 e. The lowest BCUT2D eigenvalue weighted by atomic mass is 10.1. The van der Waals surface area contributed by atoms with E-state index in [0.717, 1.165) is 11.1 Å². The van der Waals surface area contributed by atoms with Crippen molar-refractivity contribution in [3.8, 4) is 5.75 Å². The lowest BCUT2D eigenvalue weighted by Crippen LogP contribution is -2.19. The molecule has 0 heterocycles. The molecule has 5 nitrogen and oxygen atoms in total. The van der Waals surface area contributed by atoms with Gasteiger partial charge in [-0.05, 0) is 25.0 Å². The van der Waals surface area contributed by atoms with E-state index >= 15 is 0 Å². The summed E-state index contributed by atoms with van der Waals surface area (Å²) < 4.78 is 5.14. The Morgan fingerprint density at radius 2 is 1.76 bits per heavy atom. The van der Waals surface area contributed by atoms with Gasteiger partial charge in [0.25, 0.3) is 5.85 Å². The maximum absolute atomic E-state index is 9.70. The molecule has 1 unspecified atom stereocenters. The summed E-state index contributed by atoms with van der Waals surface area (Å²) in [6.07, 6.45) is -0.133. The van der Waals surface area contributed by atoms with Crippen molar-refractivity contribution < 1.29 is 24.5 Å². The average molecular weight is 261 g/mol. The molecule has 6 heteroatoms. The molecule has 1 aromatic rings. The number of hydrogen-bond donors (Lipinski definition) is 4.